The van der Waals surface area contributed by atoms with Gasteiger partial charge in [-0.3, -0.25) is 0 Å². The van der Waals surface area contributed by atoms with Gasteiger partial charge < -0.3 is 9.84 Å². The third-order valence-electron chi connectivity index (χ3n) is 3.06. The molecule has 108 valence electrons. The van der Waals surface area contributed by atoms with Crippen molar-refractivity contribution in [2.24, 2.45) is 0 Å². The van der Waals surface area contributed by atoms with Crippen LogP contribution in [0.25, 0.3) is 11.6 Å². The smallest absolute Gasteiger partial charge is 0.336 e. The molecule has 0 bridgehead atoms. The molecule has 0 amide bonds. The van der Waals surface area contributed by atoms with E-state index in [1.165, 1.54) is 7.11 Å². The average molecular weight is 303 g/mol. The van der Waals surface area contributed by atoms with Gasteiger partial charge in [0, 0.05) is 10.6 Å². The van der Waals surface area contributed by atoms with Crippen molar-refractivity contribution in [3.05, 3.63) is 64.2 Å². The van der Waals surface area contributed by atoms with Gasteiger partial charge in [-0.25, -0.2) is 4.79 Å². The van der Waals surface area contributed by atoms with Gasteiger partial charge in [0.2, 0.25) is 0 Å². The standard InChI is InChI=1S/C17H15ClO3/c1-11-3-8-16(21-2)14(9-11)15(17(19)20)10-12-4-6-13(18)7-5-12/h3-10H,1-2H3,(H,19,20)/b15-10-. The Morgan fingerprint density at radius 3 is 2.43 bits per heavy atom. The number of halogens is 1. The Morgan fingerprint density at radius 1 is 1.19 bits per heavy atom. The lowest BCUT2D eigenvalue weighted by Gasteiger charge is -2.10. The number of aryl methyl sites for hydroxylation is 1. The highest BCUT2D eigenvalue weighted by Gasteiger charge is 2.15. The van der Waals surface area contributed by atoms with E-state index in [0.29, 0.717) is 16.3 Å². The number of carbonyl (C=O) groups is 1. The summed E-state index contributed by atoms with van der Waals surface area (Å²) in [5.41, 5.74) is 2.47. The first-order valence-corrected chi connectivity index (χ1v) is 6.74. The lowest BCUT2D eigenvalue weighted by atomic mass is 10.00. The predicted molar refractivity (Wildman–Crippen MR) is 84.7 cm³/mol. The maximum Gasteiger partial charge on any atom is 0.336 e. The monoisotopic (exact) mass is 302 g/mol. The first-order chi connectivity index (χ1) is 10.0. The highest BCUT2D eigenvalue weighted by atomic mass is 35.5. The van der Waals surface area contributed by atoms with Crippen LogP contribution in [0.2, 0.25) is 5.02 Å². The minimum absolute atomic E-state index is 0.179. The summed E-state index contributed by atoms with van der Waals surface area (Å²) in [5, 5.41) is 10.1. The van der Waals surface area contributed by atoms with E-state index < -0.39 is 5.97 Å². The summed E-state index contributed by atoms with van der Waals surface area (Å²) in [7, 11) is 1.52. The van der Waals surface area contributed by atoms with Crippen LogP contribution < -0.4 is 4.74 Å². The summed E-state index contributed by atoms with van der Waals surface area (Å²) in [6.07, 6.45) is 1.61. The number of hydrogen-bond donors (Lipinski definition) is 1. The maximum atomic E-state index is 11.6. The van der Waals surface area contributed by atoms with E-state index in [1.807, 2.05) is 13.0 Å². The van der Waals surface area contributed by atoms with Gasteiger partial charge in [0.25, 0.3) is 0 Å². The Hall–Kier alpha value is -2.26. The summed E-state index contributed by atoms with van der Waals surface area (Å²) in [6.45, 7) is 1.91. The average Bonchev–Trinajstić information content (AvgIpc) is 2.46. The zero-order valence-electron chi connectivity index (χ0n) is 11.8. The lowest BCUT2D eigenvalue weighted by Crippen LogP contribution is -2.02. The van der Waals surface area contributed by atoms with Gasteiger partial charge in [-0.2, -0.15) is 0 Å². The molecule has 0 aliphatic carbocycles. The van der Waals surface area contributed by atoms with Gasteiger partial charge in [-0.15, -0.1) is 0 Å². The molecule has 21 heavy (non-hydrogen) atoms. The molecule has 0 spiro atoms. The second-order valence-electron chi connectivity index (χ2n) is 4.62. The van der Waals surface area contributed by atoms with Crippen LogP contribution in [0.3, 0.4) is 0 Å². The van der Waals surface area contributed by atoms with Gasteiger partial charge in [-0.1, -0.05) is 35.4 Å². The van der Waals surface area contributed by atoms with Crippen molar-refractivity contribution in [3.8, 4) is 5.75 Å². The summed E-state index contributed by atoms with van der Waals surface area (Å²) >= 11 is 5.84. The first-order valence-electron chi connectivity index (χ1n) is 6.37. The van der Waals surface area contributed by atoms with Crippen molar-refractivity contribution < 1.29 is 14.6 Å². The fourth-order valence-electron chi connectivity index (χ4n) is 2.01. The summed E-state index contributed by atoms with van der Waals surface area (Å²) in [5.74, 6) is -0.475. The number of rotatable bonds is 4. The van der Waals surface area contributed by atoms with E-state index in [2.05, 4.69) is 0 Å². The van der Waals surface area contributed by atoms with Crippen LogP contribution in [0.5, 0.6) is 5.75 Å². The number of ether oxygens (including phenoxy) is 1. The molecule has 0 aliphatic rings. The van der Waals surface area contributed by atoms with Gasteiger partial charge in [0.15, 0.2) is 0 Å². The van der Waals surface area contributed by atoms with Crippen molar-refractivity contribution in [2.45, 2.75) is 6.92 Å². The van der Waals surface area contributed by atoms with E-state index in [4.69, 9.17) is 16.3 Å². The predicted octanol–water partition coefficient (Wildman–Crippen LogP) is 4.28. The number of benzene rings is 2. The second kappa shape index (κ2) is 6.46. The molecule has 2 aromatic carbocycles. The third kappa shape index (κ3) is 3.64. The van der Waals surface area contributed by atoms with Gasteiger partial charge in [0.1, 0.15) is 5.75 Å². The van der Waals surface area contributed by atoms with Crippen molar-refractivity contribution in [3.63, 3.8) is 0 Å². The van der Waals surface area contributed by atoms with Crippen LogP contribution >= 0.6 is 11.6 Å². The number of carboxylic acid groups (broad SMARTS) is 1. The summed E-state index contributed by atoms with van der Waals surface area (Å²) in [4.78, 5) is 11.6. The molecule has 2 rings (SSSR count). The molecule has 1 N–H and O–H groups in total. The minimum Gasteiger partial charge on any atom is -0.496 e. The Balaban J connectivity index is 2.56. The van der Waals surface area contributed by atoms with E-state index in [1.54, 1.807) is 42.5 Å². The number of hydrogen-bond acceptors (Lipinski definition) is 2. The summed E-state index contributed by atoms with van der Waals surface area (Å²) < 4.78 is 5.26. The van der Waals surface area contributed by atoms with Crippen LogP contribution in [-0.4, -0.2) is 18.2 Å². The van der Waals surface area contributed by atoms with Crippen molar-refractivity contribution in [1.29, 1.82) is 0 Å². The Labute approximate surface area is 128 Å². The quantitative estimate of drug-likeness (QED) is 0.677. The fraction of sp³-hybridized carbons (Fsp3) is 0.118. The van der Waals surface area contributed by atoms with E-state index in [-0.39, 0.29) is 5.57 Å². The third-order valence-corrected chi connectivity index (χ3v) is 3.31. The zero-order chi connectivity index (χ0) is 15.4. The van der Waals surface area contributed by atoms with Crippen molar-refractivity contribution in [1.82, 2.24) is 0 Å². The molecule has 0 fully saturated rings. The lowest BCUT2D eigenvalue weighted by molar-refractivity contribution is -0.130. The van der Waals surface area contributed by atoms with Crippen LogP contribution in [0.1, 0.15) is 16.7 Å². The molecule has 0 aromatic heterocycles. The van der Waals surface area contributed by atoms with E-state index in [0.717, 1.165) is 11.1 Å². The molecule has 0 saturated carbocycles. The topological polar surface area (TPSA) is 46.5 Å². The molecule has 2 aromatic rings. The van der Waals surface area contributed by atoms with Gasteiger partial charge >= 0.3 is 5.97 Å². The molecule has 3 nitrogen and oxygen atoms in total. The Kier molecular flexibility index (Phi) is 4.66. The highest BCUT2D eigenvalue weighted by molar-refractivity contribution is 6.30. The molecular weight excluding hydrogens is 288 g/mol. The largest absolute Gasteiger partial charge is 0.496 e. The molecule has 0 atom stereocenters. The zero-order valence-corrected chi connectivity index (χ0v) is 12.5. The maximum absolute atomic E-state index is 11.6. The molecule has 4 heteroatoms. The number of carboxylic acids is 1. The van der Waals surface area contributed by atoms with E-state index >= 15 is 0 Å². The van der Waals surface area contributed by atoms with Gasteiger partial charge in [-0.05, 0) is 42.8 Å². The molecule has 0 saturated heterocycles. The first kappa shape index (κ1) is 15.1. The molecule has 0 unspecified atom stereocenters. The normalized spacial score (nSPS) is 11.3. The summed E-state index contributed by atoms with van der Waals surface area (Å²) in [6, 6.07) is 12.4. The van der Waals surface area contributed by atoms with Crippen molar-refractivity contribution >= 4 is 29.2 Å². The fourth-order valence-corrected chi connectivity index (χ4v) is 2.14. The highest BCUT2D eigenvalue weighted by Crippen LogP contribution is 2.29. The van der Waals surface area contributed by atoms with Crippen LogP contribution in [-0.2, 0) is 4.79 Å². The van der Waals surface area contributed by atoms with Gasteiger partial charge in [0.05, 0.1) is 12.7 Å². The molecule has 0 aliphatic heterocycles. The molecular formula is C17H15ClO3. The Bertz CT molecular complexity index is 688. The second-order valence-corrected chi connectivity index (χ2v) is 5.05. The SMILES string of the molecule is COc1ccc(C)cc1/C(=C/c1ccc(Cl)cc1)C(=O)O. The Morgan fingerprint density at radius 2 is 1.86 bits per heavy atom. The van der Waals surface area contributed by atoms with Crippen LogP contribution in [0, 0.1) is 6.92 Å². The molecule has 0 heterocycles. The molecule has 0 radical (unpaired) electrons. The minimum atomic E-state index is -1.01. The van der Waals surface area contributed by atoms with Crippen LogP contribution in [0.15, 0.2) is 42.5 Å². The van der Waals surface area contributed by atoms with Crippen LogP contribution in [0.4, 0.5) is 0 Å². The number of aliphatic carboxylic acids is 1. The van der Waals surface area contributed by atoms with E-state index in [9.17, 15) is 9.90 Å². The van der Waals surface area contributed by atoms with Crippen molar-refractivity contribution in [2.75, 3.05) is 7.11 Å². The number of methoxy groups -OCH3 is 1.